The summed E-state index contributed by atoms with van der Waals surface area (Å²) >= 11 is 0. The Hall–Kier alpha value is -2.71. The molecule has 0 saturated carbocycles. The van der Waals surface area contributed by atoms with Crippen molar-refractivity contribution in [2.75, 3.05) is 7.05 Å². The molecule has 2 aromatic rings. The van der Waals surface area contributed by atoms with Gasteiger partial charge in [-0.2, -0.15) is 10.2 Å². The number of carbonyl (C=O) groups is 1. The van der Waals surface area contributed by atoms with Crippen LogP contribution in [-0.4, -0.2) is 42.3 Å². The number of carbonyl (C=O) groups excluding carboxylic acids is 1. The fourth-order valence-corrected chi connectivity index (χ4v) is 2.28. The molecule has 2 heterocycles. The summed E-state index contributed by atoms with van der Waals surface area (Å²) in [6, 6.07) is 1.21. The predicted molar refractivity (Wildman–Crippen MR) is 78.0 cm³/mol. The maximum Gasteiger partial charge on any atom is 0.309 e. The minimum atomic E-state index is -0.623. The Labute approximate surface area is 127 Å². The third kappa shape index (κ3) is 2.97. The first-order chi connectivity index (χ1) is 10.3. The smallest absolute Gasteiger partial charge is 0.309 e. The molecule has 0 aliphatic carbocycles. The molecule has 2 rings (SSSR count). The maximum atomic E-state index is 12.4. The van der Waals surface area contributed by atoms with Gasteiger partial charge in [0.15, 0.2) is 0 Å². The largest absolute Gasteiger partial charge is 0.338 e. The van der Waals surface area contributed by atoms with E-state index in [4.69, 9.17) is 0 Å². The highest BCUT2D eigenvalue weighted by Crippen LogP contribution is 2.21. The molecule has 0 saturated heterocycles. The van der Waals surface area contributed by atoms with E-state index in [1.54, 1.807) is 38.8 Å². The summed E-state index contributed by atoms with van der Waals surface area (Å²) in [7, 11) is 3.47. The summed E-state index contributed by atoms with van der Waals surface area (Å²) in [6.45, 7) is 3.61. The van der Waals surface area contributed by atoms with Gasteiger partial charge in [-0.05, 0) is 19.9 Å². The standard InChI is InChI=1S/C13H18N6O3/c1-9-12(19(21)22)7-14-18(9)10(2)13(20)16(3)8-11-5-6-17(4)15-11/h5-7,10H,8H2,1-4H3. The quantitative estimate of drug-likeness (QED) is 0.607. The number of amides is 1. The molecular weight excluding hydrogens is 288 g/mol. The summed E-state index contributed by atoms with van der Waals surface area (Å²) in [5.74, 6) is -0.188. The van der Waals surface area contributed by atoms with Crippen molar-refractivity contribution in [2.24, 2.45) is 7.05 Å². The number of nitrogens with zero attached hydrogens (tertiary/aromatic N) is 6. The van der Waals surface area contributed by atoms with E-state index in [2.05, 4.69) is 10.2 Å². The van der Waals surface area contributed by atoms with E-state index in [1.165, 1.54) is 9.58 Å². The molecule has 1 atom stereocenters. The third-order valence-corrected chi connectivity index (χ3v) is 3.48. The fraction of sp³-hybridized carbons (Fsp3) is 0.462. The monoisotopic (exact) mass is 306 g/mol. The molecule has 0 fully saturated rings. The second-order valence-electron chi connectivity index (χ2n) is 5.17. The fourth-order valence-electron chi connectivity index (χ4n) is 2.28. The summed E-state index contributed by atoms with van der Waals surface area (Å²) in [6.07, 6.45) is 2.97. The Kier molecular flexibility index (Phi) is 4.25. The predicted octanol–water partition coefficient (Wildman–Crippen LogP) is 1.05. The van der Waals surface area contributed by atoms with Gasteiger partial charge in [-0.15, -0.1) is 0 Å². The Bertz CT molecular complexity index is 704. The van der Waals surface area contributed by atoms with Gasteiger partial charge < -0.3 is 4.90 Å². The molecule has 1 unspecified atom stereocenters. The molecule has 0 N–H and O–H groups in total. The first-order valence-corrected chi connectivity index (χ1v) is 6.73. The highest BCUT2D eigenvalue weighted by atomic mass is 16.6. The van der Waals surface area contributed by atoms with Crippen LogP contribution < -0.4 is 0 Å². The second kappa shape index (κ2) is 5.96. The molecule has 9 heteroatoms. The van der Waals surface area contributed by atoms with Crippen molar-refractivity contribution >= 4 is 11.6 Å². The molecule has 0 radical (unpaired) electrons. The second-order valence-corrected chi connectivity index (χ2v) is 5.17. The highest BCUT2D eigenvalue weighted by molar-refractivity contribution is 5.79. The van der Waals surface area contributed by atoms with Crippen LogP contribution in [0.25, 0.3) is 0 Å². The number of aromatic nitrogens is 4. The average molecular weight is 306 g/mol. The van der Waals surface area contributed by atoms with Crippen molar-refractivity contribution in [1.29, 1.82) is 0 Å². The van der Waals surface area contributed by atoms with Crippen LogP contribution in [0.15, 0.2) is 18.5 Å². The third-order valence-electron chi connectivity index (χ3n) is 3.48. The summed E-state index contributed by atoms with van der Waals surface area (Å²) in [4.78, 5) is 24.3. The van der Waals surface area contributed by atoms with Crippen molar-refractivity contribution in [3.8, 4) is 0 Å². The van der Waals surface area contributed by atoms with Crippen LogP contribution in [0.1, 0.15) is 24.4 Å². The normalized spacial score (nSPS) is 12.2. The molecule has 0 aliphatic heterocycles. The van der Waals surface area contributed by atoms with Crippen LogP contribution >= 0.6 is 0 Å². The summed E-state index contributed by atoms with van der Waals surface area (Å²) in [5, 5.41) is 19.0. The van der Waals surface area contributed by atoms with Gasteiger partial charge in [-0.3, -0.25) is 24.3 Å². The number of nitro groups is 1. The lowest BCUT2D eigenvalue weighted by molar-refractivity contribution is -0.385. The molecule has 0 spiro atoms. The SMILES string of the molecule is Cc1c([N+](=O)[O-])cnn1C(C)C(=O)N(C)Cc1ccn(C)n1. The van der Waals surface area contributed by atoms with Gasteiger partial charge in [0.05, 0.1) is 17.2 Å². The van der Waals surface area contributed by atoms with E-state index in [9.17, 15) is 14.9 Å². The van der Waals surface area contributed by atoms with Crippen LogP contribution in [0.2, 0.25) is 0 Å². The van der Waals surface area contributed by atoms with E-state index >= 15 is 0 Å². The number of hydrogen-bond donors (Lipinski definition) is 0. The van der Waals surface area contributed by atoms with Crippen LogP contribution in [0.3, 0.4) is 0 Å². The summed E-state index contributed by atoms with van der Waals surface area (Å²) in [5.41, 5.74) is 1.04. The van der Waals surface area contributed by atoms with Crippen LogP contribution in [0.4, 0.5) is 5.69 Å². The lowest BCUT2D eigenvalue weighted by Crippen LogP contribution is -2.33. The van der Waals surface area contributed by atoms with Gasteiger partial charge in [-0.1, -0.05) is 0 Å². The van der Waals surface area contributed by atoms with Gasteiger partial charge in [0.25, 0.3) is 0 Å². The lowest BCUT2D eigenvalue weighted by Gasteiger charge is -2.21. The molecule has 0 aliphatic rings. The molecule has 118 valence electrons. The Morgan fingerprint density at radius 1 is 1.55 bits per heavy atom. The topological polar surface area (TPSA) is 99.1 Å². The minimum absolute atomic E-state index is 0.0907. The van der Waals surface area contributed by atoms with Crippen molar-refractivity contribution in [2.45, 2.75) is 26.4 Å². The van der Waals surface area contributed by atoms with Crippen molar-refractivity contribution in [1.82, 2.24) is 24.5 Å². The van der Waals surface area contributed by atoms with Crippen molar-refractivity contribution in [3.05, 3.63) is 40.0 Å². The maximum absolute atomic E-state index is 12.4. The summed E-state index contributed by atoms with van der Waals surface area (Å²) < 4.78 is 3.04. The lowest BCUT2D eigenvalue weighted by atomic mass is 10.2. The molecule has 22 heavy (non-hydrogen) atoms. The molecule has 0 aromatic carbocycles. The van der Waals surface area contributed by atoms with Crippen LogP contribution in [0, 0.1) is 17.0 Å². The van der Waals surface area contributed by atoms with Crippen molar-refractivity contribution < 1.29 is 9.72 Å². The zero-order chi connectivity index (χ0) is 16.4. The van der Waals surface area contributed by atoms with E-state index in [0.717, 1.165) is 11.9 Å². The van der Waals surface area contributed by atoms with Gasteiger partial charge in [-0.25, -0.2) is 0 Å². The highest BCUT2D eigenvalue weighted by Gasteiger charge is 2.26. The zero-order valence-corrected chi connectivity index (χ0v) is 12.9. The Balaban J connectivity index is 2.13. The molecule has 2 aromatic heterocycles. The zero-order valence-electron chi connectivity index (χ0n) is 12.9. The molecular formula is C13H18N6O3. The van der Waals surface area contributed by atoms with Crippen LogP contribution in [-0.2, 0) is 18.4 Å². The molecule has 0 bridgehead atoms. The van der Waals surface area contributed by atoms with Gasteiger partial charge >= 0.3 is 5.69 Å². The Morgan fingerprint density at radius 3 is 2.73 bits per heavy atom. The number of rotatable bonds is 5. The average Bonchev–Trinajstić information content (AvgIpc) is 3.03. The minimum Gasteiger partial charge on any atom is -0.338 e. The first-order valence-electron chi connectivity index (χ1n) is 6.73. The van der Waals surface area contributed by atoms with E-state index in [1.807, 2.05) is 6.07 Å². The molecule has 1 amide bonds. The molecule has 9 nitrogen and oxygen atoms in total. The van der Waals surface area contributed by atoms with E-state index in [-0.39, 0.29) is 11.6 Å². The number of hydrogen-bond acceptors (Lipinski definition) is 5. The van der Waals surface area contributed by atoms with Gasteiger partial charge in [0, 0.05) is 20.3 Å². The first kappa shape index (κ1) is 15.7. The number of likely N-dealkylation sites (N-methyl/N-ethyl adjacent to an activating group) is 1. The van der Waals surface area contributed by atoms with Crippen molar-refractivity contribution in [3.63, 3.8) is 0 Å². The van der Waals surface area contributed by atoms with E-state index < -0.39 is 11.0 Å². The van der Waals surface area contributed by atoms with E-state index in [0.29, 0.717) is 12.2 Å². The van der Waals surface area contributed by atoms with Gasteiger partial charge in [0.1, 0.15) is 17.9 Å². The van der Waals surface area contributed by atoms with Crippen LogP contribution in [0.5, 0.6) is 0 Å². The van der Waals surface area contributed by atoms with Gasteiger partial charge in [0.2, 0.25) is 5.91 Å². The Morgan fingerprint density at radius 2 is 2.23 bits per heavy atom. The number of aryl methyl sites for hydroxylation is 1.